The van der Waals surface area contributed by atoms with Crippen LogP contribution in [0.25, 0.3) is 0 Å². The number of benzene rings is 1. The Morgan fingerprint density at radius 2 is 2.06 bits per heavy atom. The van der Waals surface area contributed by atoms with Crippen molar-refractivity contribution in [2.75, 3.05) is 6.61 Å². The molecule has 1 atom stereocenters. The van der Waals surface area contributed by atoms with Gasteiger partial charge >= 0.3 is 5.97 Å². The molecule has 4 heteroatoms. The van der Waals surface area contributed by atoms with Crippen LogP contribution in [0.5, 0.6) is 0 Å². The molecule has 16 heavy (non-hydrogen) atoms. The zero-order chi connectivity index (χ0) is 12.0. The highest BCUT2D eigenvalue weighted by molar-refractivity contribution is 9.10. The first-order valence-electron chi connectivity index (χ1n) is 5.14. The molecule has 1 rings (SSSR count). The minimum absolute atomic E-state index is 0.343. The Morgan fingerprint density at radius 3 is 2.62 bits per heavy atom. The number of hydrogen-bond acceptors (Lipinski definition) is 2. The van der Waals surface area contributed by atoms with Gasteiger partial charge in [0.25, 0.3) is 0 Å². The molecule has 0 heterocycles. The van der Waals surface area contributed by atoms with Crippen molar-refractivity contribution in [3.8, 4) is 0 Å². The van der Waals surface area contributed by atoms with E-state index in [-0.39, 0.29) is 5.92 Å². The minimum Gasteiger partial charge on any atom is -0.481 e. The topological polar surface area (TPSA) is 46.5 Å². The summed E-state index contributed by atoms with van der Waals surface area (Å²) in [5.41, 5.74) is 1.09. The molecule has 0 amide bonds. The monoisotopic (exact) mass is 286 g/mol. The SMILES string of the molecule is CC(CCOCc1ccc(Br)cc1)C(=O)O. The molecule has 0 aromatic heterocycles. The Balaban J connectivity index is 2.21. The van der Waals surface area contributed by atoms with Gasteiger partial charge in [-0.05, 0) is 24.1 Å². The largest absolute Gasteiger partial charge is 0.481 e. The molecule has 0 fully saturated rings. The van der Waals surface area contributed by atoms with Gasteiger partial charge in [0.2, 0.25) is 0 Å². The second-order valence-corrected chi connectivity index (χ2v) is 4.62. The number of halogens is 1. The van der Waals surface area contributed by atoms with E-state index < -0.39 is 5.97 Å². The van der Waals surface area contributed by atoms with Crippen LogP contribution in [0.2, 0.25) is 0 Å². The lowest BCUT2D eigenvalue weighted by molar-refractivity contribution is -0.141. The van der Waals surface area contributed by atoms with Gasteiger partial charge in [-0.15, -0.1) is 0 Å². The summed E-state index contributed by atoms with van der Waals surface area (Å²) < 4.78 is 6.44. The number of carbonyl (C=O) groups is 1. The lowest BCUT2D eigenvalue weighted by atomic mass is 10.1. The van der Waals surface area contributed by atoms with Crippen molar-refractivity contribution in [2.45, 2.75) is 20.0 Å². The average Bonchev–Trinajstić information content (AvgIpc) is 2.26. The van der Waals surface area contributed by atoms with Crippen LogP contribution in [0.1, 0.15) is 18.9 Å². The van der Waals surface area contributed by atoms with Crippen molar-refractivity contribution < 1.29 is 14.6 Å². The standard InChI is InChI=1S/C12H15BrO3/c1-9(12(14)15)6-7-16-8-10-2-4-11(13)5-3-10/h2-5,9H,6-8H2,1H3,(H,14,15). The van der Waals surface area contributed by atoms with Gasteiger partial charge < -0.3 is 9.84 Å². The fourth-order valence-corrected chi connectivity index (χ4v) is 1.42. The van der Waals surface area contributed by atoms with Gasteiger partial charge in [0, 0.05) is 11.1 Å². The van der Waals surface area contributed by atoms with Crippen molar-refractivity contribution in [1.82, 2.24) is 0 Å². The Bertz CT molecular complexity index is 335. The molecule has 0 bridgehead atoms. The van der Waals surface area contributed by atoms with Crippen LogP contribution in [-0.2, 0) is 16.1 Å². The van der Waals surface area contributed by atoms with Gasteiger partial charge in [0.15, 0.2) is 0 Å². The Labute approximate surface area is 104 Å². The quantitative estimate of drug-likeness (QED) is 0.818. The molecule has 0 saturated heterocycles. The number of rotatable bonds is 6. The Morgan fingerprint density at radius 1 is 1.44 bits per heavy atom. The van der Waals surface area contributed by atoms with Crippen LogP contribution in [0.3, 0.4) is 0 Å². The highest BCUT2D eigenvalue weighted by atomic mass is 79.9. The number of aliphatic carboxylic acids is 1. The molecule has 0 aliphatic rings. The summed E-state index contributed by atoms with van der Waals surface area (Å²) in [5.74, 6) is -1.11. The average molecular weight is 287 g/mol. The van der Waals surface area contributed by atoms with Crippen LogP contribution in [0, 0.1) is 5.92 Å². The van der Waals surface area contributed by atoms with Gasteiger partial charge in [-0.25, -0.2) is 0 Å². The smallest absolute Gasteiger partial charge is 0.306 e. The van der Waals surface area contributed by atoms with Crippen molar-refractivity contribution in [2.24, 2.45) is 5.92 Å². The summed E-state index contributed by atoms with van der Waals surface area (Å²) in [6.45, 7) is 2.69. The van der Waals surface area contributed by atoms with Gasteiger partial charge in [-0.1, -0.05) is 35.0 Å². The summed E-state index contributed by atoms with van der Waals surface area (Å²) >= 11 is 3.36. The van der Waals surface area contributed by atoms with E-state index in [9.17, 15) is 4.79 Å². The maximum absolute atomic E-state index is 10.5. The number of ether oxygens (including phenoxy) is 1. The molecule has 1 aromatic rings. The molecule has 0 radical (unpaired) electrons. The summed E-state index contributed by atoms with van der Waals surface area (Å²) in [5, 5.41) is 8.67. The summed E-state index contributed by atoms with van der Waals surface area (Å²) in [7, 11) is 0. The first-order valence-corrected chi connectivity index (χ1v) is 5.94. The maximum Gasteiger partial charge on any atom is 0.306 e. The van der Waals surface area contributed by atoms with Crippen molar-refractivity contribution >= 4 is 21.9 Å². The lowest BCUT2D eigenvalue weighted by Crippen LogP contribution is -2.12. The molecule has 1 N–H and O–H groups in total. The fourth-order valence-electron chi connectivity index (χ4n) is 1.15. The molecule has 88 valence electrons. The molecule has 1 aromatic carbocycles. The molecular weight excluding hydrogens is 272 g/mol. The first kappa shape index (κ1) is 13.2. The van der Waals surface area contributed by atoms with E-state index in [1.54, 1.807) is 6.92 Å². The molecule has 0 aliphatic carbocycles. The third-order valence-electron chi connectivity index (χ3n) is 2.30. The second kappa shape index (κ2) is 6.66. The number of carboxylic acid groups (broad SMARTS) is 1. The van der Waals surface area contributed by atoms with Gasteiger partial charge in [-0.2, -0.15) is 0 Å². The van der Waals surface area contributed by atoms with Crippen molar-refractivity contribution in [3.63, 3.8) is 0 Å². The lowest BCUT2D eigenvalue weighted by Gasteiger charge is -2.07. The van der Waals surface area contributed by atoms with E-state index in [4.69, 9.17) is 9.84 Å². The molecule has 0 spiro atoms. The van der Waals surface area contributed by atoms with Gasteiger partial charge in [-0.3, -0.25) is 4.79 Å². The zero-order valence-electron chi connectivity index (χ0n) is 9.15. The predicted molar refractivity (Wildman–Crippen MR) is 65.2 cm³/mol. The van der Waals surface area contributed by atoms with Crippen LogP contribution < -0.4 is 0 Å². The van der Waals surface area contributed by atoms with E-state index >= 15 is 0 Å². The molecular formula is C12H15BrO3. The molecule has 0 saturated carbocycles. The summed E-state index contributed by atoms with van der Waals surface area (Å²) in [6.07, 6.45) is 0.547. The van der Waals surface area contributed by atoms with Crippen LogP contribution in [0.15, 0.2) is 28.7 Å². The Hall–Kier alpha value is -0.870. The van der Waals surface area contributed by atoms with Gasteiger partial charge in [0.05, 0.1) is 12.5 Å². The van der Waals surface area contributed by atoms with Gasteiger partial charge in [0.1, 0.15) is 0 Å². The Kier molecular flexibility index (Phi) is 5.49. The van der Waals surface area contributed by atoms with Crippen LogP contribution in [0.4, 0.5) is 0 Å². The third-order valence-corrected chi connectivity index (χ3v) is 2.83. The predicted octanol–water partition coefficient (Wildman–Crippen LogP) is 3.08. The van der Waals surface area contributed by atoms with Crippen molar-refractivity contribution in [1.29, 1.82) is 0 Å². The molecule has 0 aliphatic heterocycles. The number of hydrogen-bond donors (Lipinski definition) is 1. The highest BCUT2D eigenvalue weighted by Gasteiger charge is 2.09. The number of carboxylic acids is 1. The van der Waals surface area contributed by atoms with E-state index in [0.717, 1.165) is 10.0 Å². The van der Waals surface area contributed by atoms with E-state index in [1.165, 1.54) is 0 Å². The maximum atomic E-state index is 10.5. The molecule has 3 nitrogen and oxygen atoms in total. The van der Waals surface area contributed by atoms with E-state index in [1.807, 2.05) is 24.3 Å². The second-order valence-electron chi connectivity index (χ2n) is 3.71. The summed E-state index contributed by atoms with van der Waals surface area (Å²) in [4.78, 5) is 10.5. The summed E-state index contributed by atoms with van der Waals surface area (Å²) in [6, 6.07) is 7.87. The molecule has 1 unspecified atom stereocenters. The zero-order valence-corrected chi connectivity index (χ0v) is 10.7. The van der Waals surface area contributed by atoms with E-state index in [0.29, 0.717) is 19.6 Å². The minimum atomic E-state index is -0.771. The fraction of sp³-hybridized carbons (Fsp3) is 0.417. The third kappa shape index (κ3) is 4.77. The normalized spacial score (nSPS) is 12.4. The van der Waals surface area contributed by atoms with E-state index in [2.05, 4.69) is 15.9 Å². The highest BCUT2D eigenvalue weighted by Crippen LogP contribution is 2.11. The van der Waals surface area contributed by atoms with Crippen LogP contribution >= 0.6 is 15.9 Å². The first-order chi connectivity index (χ1) is 7.59. The van der Waals surface area contributed by atoms with Crippen molar-refractivity contribution in [3.05, 3.63) is 34.3 Å². The van der Waals surface area contributed by atoms with Crippen LogP contribution in [-0.4, -0.2) is 17.7 Å².